The molecule has 0 saturated heterocycles. The maximum Gasteiger partial charge on any atom is 0.412 e. The Kier molecular flexibility index (Phi) is 9.33. The molecule has 49 heavy (non-hydrogen) atoms. The normalized spacial score (nSPS) is 11.7. The number of sulfonamides is 1. The van der Waals surface area contributed by atoms with Crippen molar-refractivity contribution in [2.75, 3.05) is 30.0 Å². The van der Waals surface area contributed by atoms with Crippen molar-refractivity contribution in [1.29, 1.82) is 5.41 Å². The van der Waals surface area contributed by atoms with Crippen LogP contribution >= 0.6 is 0 Å². The number of nitrogens with one attached hydrogen (secondary N) is 3. The number of furan rings is 1. The fourth-order valence-corrected chi connectivity index (χ4v) is 5.68. The van der Waals surface area contributed by atoms with E-state index in [2.05, 4.69) is 10.6 Å². The van der Waals surface area contributed by atoms with E-state index >= 15 is 0 Å². The maximum atomic E-state index is 13.8. The lowest BCUT2D eigenvalue weighted by Crippen LogP contribution is -2.27. The number of carbonyl (C=O) groups is 2. The number of amides is 2. The molecule has 0 spiro atoms. The number of hydrogen-bond donors (Lipinski definition) is 3. The molecule has 10 nitrogen and oxygen atoms in total. The molecule has 0 radical (unpaired) electrons. The molecule has 0 aliphatic carbocycles. The van der Waals surface area contributed by atoms with Crippen molar-refractivity contribution < 1.29 is 35.9 Å². The van der Waals surface area contributed by atoms with Crippen LogP contribution in [0.1, 0.15) is 42.3 Å². The fourth-order valence-electron chi connectivity index (χ4n) is 5.17. The molecule has 1 heterocycles. The second-order valence-corrected chi connectivity index (χ2v) is 14.3. The van der Waals surface area contributed by atoms with E-state index in [4.69, 9.17) is 14.6 Å². The van der Waals surface area contributed by atoms with E-state index in [1.165, 1.54) is 68.7 Å². The molecule has 13 heteroatoms. The van der Waals surface area contributed by atoms with Crippen molar-refractivity contribution in [3.8, 4) is 22.5 Å². The molecular formula is C36H34F2N4O6S. The summed E-state index contributed by atoms with van der Waals surface area (Å²) in [6.45, 7) is 5.12. The molecule has 3 N–H and O–H groups in total. The van der Waals surface area contributed by atoms with Crippen molar-refractivity contribution >= 4 is 50.1 Å². The van der Waals surface area contributed by atoms with Gasteiger partial charge in [0.05, 0.1) is 28.9 Å². The Bertz CT molecular complexity index is 2210. The third-order valence-corrected chi connectivity index (χ3v) is 8.76. The Hall–Kier alpha value is -5.56. The van der Waals surface area contributed by atoms with Crippen LogP contribution in [0.5, 0.6) is 0 Å². The SMILES string of the molecule is CNC(=O)c1c(-c2ccc(F)cc2)oc2cc(N(C)S(C)(=O)=O)c(-c3ccc(NC(=O)OC(C)(C)C)c(C(=N)c4ccc(F)cc4)c3)cc12. The zero-order valence-electron chi connectivity index (χ0n) is 27.6. The number of anilines is 2. The summed E-state index contributed by atoms with van der Waals surface area (Å²) >= 11 is 0. The van der Waals surface area contributed by atoms with Gasteiger partial charge in [0.2, 0.25) is 10.0 Å². The Morgan fingerprint density at radius 3 is 2.06 bits per heavy atom. The summed E-state index contributed by atoms with van der Waals surface area (Å²) < 4.78 is 65.9. The van der Waals surface area contributed by atoms with Gasteiger partial charge in [0.15, 0.2) is 0 Å². The number of hydrogen-bond acceptors (Lipinski definition) is 7. The highest BCUT2D eigenvalue weighted by Crippen LogP contribution is 2.42. The maximum absolute atomic E-state index is 13.8. The molecule has 0 aliphatic heterocycles. The van der Waals surface area contributed by atoms with Crippen LogP contribution < -0.4 is 14.9 Å². The van der Waals surface area contributed by atoms with Gasteiger partial charge >= 0.3 is 6.09 Å². The summed E-state index contributed by atoms with van der Waals surface area (Å²) in [6, 6.07) is 18.5. The Labute approximate surface area is 282 Å². The highest BCUT2D eigenvalue weighted by molar-refractivity contribution is 7.92. The molecular weight excluding hydrogens is 654 g/mol. The first-order valence-corrected chi connectivity index (χ1v) is 16.8. The van der Waals surface area contributed by atoms with Crippen molar-refractivity contribution in [3.63, 3.8) is 0 Å². The van der Waals surface area contributed by atoms with Gasteiger partial charge < -0.3 is 14.5 Å². The second kappa shape index (κ2) is 13.2. The Balaban J connectivity index is 1.78. The first kappa shape index (κ1) is 34.8. The predicted molar refractivity (Wildman–Crippen MR) is 186 cm³/mol. The molecule has 0 aliphatic rings. The zero-order chi connectivity index (χ0) is 35.8. The minimum Gasteiger partial charge on any atom is -0.455 e. The monoisotopic (exact) mass is 688 g/mol. The number of ether oxygens (including phenoxy) is 1. The van der Waals surface area contributed by atoms with Gasteiger partial charge in [0.1, 0.15) is 28.6 Å². The fraction of sp³-hybridized carbons (Fsp3) is 0.194. The predicted octanol–water partition coefficient (Wildman–Crippen LogP) is 7.56. The standard InChI is InChI=1S/C36H34F2N4O6S/c1-36(2,3)48-35(44)41-28-16-11-22(17-26(28)32(39)20-7-12-23(37)13-8-20)25-18-27-30(19-29(25)42(5)49(6,45)46)47-33(31(27)34(43)40-4)21-9-14-24(38)15-10-21/h7-19,39H,1-6H3,(H,40,43)(H,41,44). The van der Waals surface area contributed by atoms with Crippen molar-refractivity contribution in [2.24, 2.45) is 0 Å². The van der Waals surface area contributed by atoms with Crippen LogP contribution in [0.3, 0.4) is 0 Å². The van der Waals surface area contributed by atoms with Gasteiger partial charge in [-0.05, 0) is 93.1 Å². The lowest BCUT2D eigenvalue weighted by molar-refractivity contribution is 0.0635. The zero-order valence-corrected chi connectivity index (χ0v) is 28.4. The van der Waals surface area contributed by atoms with E-state index in [0.29, 0.717) is 27.6 Å². The summed E-state index contributed by atoms with van der Waals surface area (Å²) in [5.41, 5.74) is 1.58. The average molecular weight is 689 g/mol. The number of halogens is 2. The van der Waals surface area contributed by atoms with Crippen LogP contribution in [0.15, 0.2) is 83.3 Å². The number of benzene rings is 4. The Morgan fingerprint density at radius 1 is 0.898 bits per heavy atom. The molecule has 5 rings (SSSR count). The Morgan fingerprint density at radius 2 is 1.49 bits per heavy atom. The molecule has 0 bridgehead atoms. The van der Waals surface area contributed by atoms with Gasteiger partial charge in [0.25, 0.3) is 5.91 Å². The van der Waals surface area contributed by atoms with Gasteiger partial charge in [-0.2, -0.15) is 0 Å². The molecule has 4 aromatic carbocycles. The lowest BCUT2D eigenvalue weighted by atomic mass is 9.94. The summed E-state index contributed by atoms with van der Waals surface area (Å²) in [5.74, 6) is -1.32. The van der Waals surface area contributed by atoms with Crippen LogP contribution in [0.25, 0.3) is 33.4 Å². The summed E-state index contributed by atoms with van der Waals surface area (Å²) in [6.07, 6.45) is 0.265. The average Bonchev–Trinajstić information content (AvgIpc) is 3.41. The van der Waals surface area contributed by atoms with Crippen LogP contribution in [-0.4, -0.2) is 52.1 Å². The second-order valence-electron chi connectivity index (χ2n) is 12.3. The van der Waals surface area contributed by atoms with E-state index in [9.17, 15) is 26.8 Å². The summed E-state index contributed by atoms with van der Waals surface area (Å²) in [7, 11) is -1.02. The number of nitrogens with zero attached hydrogens (tertiary/aromatic N) is 1. The van der Waals surface area contributed by atoms with Gasteiger partial charge in [-0.15, -0.1) is 0 Å². The molecule has 5 aromatic rings. The third-order valence-electron chi connectivity index (χ3n) is 7.57. The van der Waals surface area contributed by atoms with Gasteiger partial charge in [-0.3, -0.25) is 19.8 Å². The van der Waals surface area contributed by atoms with Crippen molar-refractivity contribution in [3.05, 3.63) is 107 Å². The molecule has 254 valence electrons. The molecule has 1 aromatic heterocycles. The van der Waals surface area contributed by atoms with E-state index < -0.39 is 39.3 Å². The molecule has 0 unspecified atom stereocenters. The molecule has 0 saturated carbocycles. The topological polar surface area (TPSA) is 142 Å². The highest BCUT2D eigenvalue weighted by atomic mass is 32.2. The quantitative estimate of drug-likeness (QED) is 0.144. The summed E-state index contributed by atoms with van der Waals surface area (Å²) in [4.78, 5) is 26.1. The van der Waals surface area contributed by atoms with Crippen LogP contribution in [0.4, 0.5) is 25.0 Å². The van der Waals surface area contributed by atoms with E-state index in [0.717, 1.165) is 10.6 Å². The van der Waals surface area contributed by atoms with Gasteiger partial charge in [0, 0.05) is 47.8 Å². The lowest BCUT2D eigenvalue weighted by Gasteiger charge is -2.22. The molecule has 0 fully saturated rings. The van der Waals surface area contributed by atoms with Crippen LogP contribution in [0.2, 0.25) is 0 Å². The number of rotatable bonds is 8. The third kappa shape index (κ3) is 7.46. The molecule has 0 atom stereocenters. The van der Waals surface area contributed by atoms with Crippen molar-refractivity contribution in [1.82, 2.24) is 5.32 Å². The number of fused-ring (bicyclic) bond motifs is 1. The summed E-state index contributed by atoms with van der Waals surface area (Å²) in [5, 5.41) is 14.7. The minimum absolute atomic E-state index is 0.0695. The minimum atomic E-state index is -3.83. The van der Waals surface area contributed by atoms with Gasteiger partial charge in [-0.1, -0.05) is 6.07 Å². The van der Waals surface area contributed by atoms with E-state index in [1.54, 1.807) is 45.0 Å². The van der Waals surface area contributed by atoms with E-state index in [-0.39, 0.29) is 39.6 Å². The van der Waals surface area contributed by atoms with Crippen molar-refractivity contribution in [2.45, 2.75) is 26.4 Å². The van der Waals surface area contributed by atoms with Crippen LogP contribution in [0, 0.1) is 17.0 Å². The van der Waals surface area contributed by atoms with Crippen LogP contribution in [-0.2, 0) is 14.8 Å². The smallest absolute Gasteiger partial charge is 0.412 e. The highest BCUT2D eigenvalue weighted by Gasteiger charge is 2.27. The first-order chi connectivity index (χ1) is 23.0. The van der Waals surface area contributed by atoms with Gasteiger partial charge in [-0.25, -0.2) is 22.0 Å². The number of carbonyl (C=O) groups excluding carboxylic acids is 2. The largest absolute Gasteiger partial charge is 0.455 e. The first-order valence-electron chi connectivity index (χ1n) is 15.0. The molecule has 2 amide bonds. The van der Waals surface area contributed by atoms with E-state index in [1.807, 2.05) is 0 Å².